The van der Waals surface area contributed by atoms with E-state index in [1.807, 2.05) is 23.1 Å². The Labute approximate surface area is 183 Å². The maximum absolute atomic E-state index is 12.4. The molecule has 32 heavy (non-hydrogen) atoms. The van der Waals surface area contributed by atoms with Crippen LogP contribution in [0.4, 0.5) is 5.95 Å². The SMILES string of the molecule is O=c1[nH]cnc2c1nc(N1CCN(Cc3ccccc3)CC1)n2[C@H]1O[C@@H](CO)[C@H](O)[C@@H]1O. The minimum atomic E-state index is -1.30. The Morgan fingerprint density at radius 1 is 1.09 bits per heavy atom. The summed E-state index contributed by atoms with van der Waals surface area (Å²) in [6.45, 7) is 3.30. The van der Waals surface area contributed by atoms with Crippen LogP contribution in [0, 0.1) is 0 Å². The van der Waals surface area contributed by atoms with E-state index in [9.17, 15) is 20.1 Å². The first-order valence-corrected chi connectivity index (χ1v) is 10.7. The molecule has 0 saturated carbocycles. The normalized spacial score (nSPS) is 26.8. The molecule has 11 heteroatoms. The molecule has 0 bridgehead atoms. The lowest BCUT2D eigenvalue weighted by Gasteiger charge is -2.36. The minimum Gasteiger partial charge on any atom is -0.394 e. The lowest BCUT2D eigenvalue weighted by molar-refractivity contribution is -0.0505. The van der Waals surface area contributed by atoms with Crippen molar-refractivity contribution in [2.24, 2.45) is 0 Å². The average Bonchev–Trinajstić information content (AvgIpc) is 3.33. The number of aliphatic hydroxyl groups excluding tert-OH is 3. The van der Waals surface area contributed by atoms with Crippen LogP contribution in [0.15, 0.2) is 41.5 Å². The van der Waals surface area contributed by atoms with E-state index in [1.165, 1.54) is 11.9 Å². The molecule has 2 aliphatic rings. The van der Waals surface area contributed by atoms with Crippen LogP contribution in [0.3, 0.4) is 0 Å². The predicted octanol–water partition coefficient (Wildman–Crippen LogP) is -0.947. The third-order valence-electron chi connectivity index (χ3n) is 6.14. The van der Waals surface area contributed by atoms with E-state index in [0.717, 1.165) is 19.6 Å². The summed E-state index contributed by atoms with van der Waals surface area (Å²) < 4.78 is 7.30. The summed E-state index contributed by atoms with van der Waals surface area (Å²) in [5.74, 6) is 0.443. The number of aromatic amines is 1. The lowest BCUT2D eigenvalue weighted by Crippen LogP contribution is -2.47. The topological polar surface area (TPSA) is 140 Å². The number of fused-ring (bicyclic) bond motifs is 1. The van der Waals surface area contributed by atoms with E-state index < -0.39 is 36.7 Å². The molecular weight excluding hydrogens is 416 g/mol. The van der Waals surface area contributed by atoms with Crippen molar-refractivity contribution < 1.29 is 20.1 Å². The molecule has 4 heterocycles. The van der Waals surface area contributed by atoms with Gasteiger partial charge in [0.25, 0.3) is 5.56 Å². The van der Waals surface area contributed by atoms with Crippen LogP contribution in [-0.4, -0.2) is 90.8 Å². The highest BCUT2D eigenvalue weighted by Gasteiger charge is 2.45. The van der Waals surface area contributed by atoms with Crippen LogP contribution < -0.4 is 10.5 Å². The van der Waals surface area contributed by atoms with Crippen LogP contribution in [-0.2, 0) is 11.3 Å². The molecule has 2 aromatic heterocycles. The van der Waals surface area contributed by atoms with Crippen LogP contribution >= 0.6 is 0 Å². The fourth-order valence-electron chi connectivity index (χ4n) is 4.41. The van der Waals surface area contributed by atoms with Crippen LogP contribution in [0.25, 0.3) is 11.2 Å². The Morgan fingerprint density at radius 3 is 2.53 bits per heavy atom. The number of hydrogen-bond donors (Lipinski definition) is 4. The largest absolute Gasteiger partial charge is 0.394 e. The van der Waals surface area contributed by atoms with Crippen molar-refractivity contribution in [3.05, 3.63) is 52.6 Å². The first kappa shape index (κ1) is 21.0. The Morgan fingerprint density at radius 2 is 1.84 bits per heavy atom. The molecule has 1 aromatic carbocycles. The summed E-state index contributed by atoms with van der Waals surface area (Å²) in [5.41, 5.74) is 1.23. The summed E-state index contributed by atoms with van der Waals surface area (Å²) >= 11 is 0. The Bertz CT molecular complexity index is 1130. The van der Waals surface area contributed by atoms with E-state index in [2.05, 4.69) is 32.0 Å². The zero-order valence-corrected chi connectivity index (χ0v) is 17.4. The summed E-state index contributed by atoms with van der Waals surface area (Å²) in [6, 6.07) is 10.3. The molecule has 11 nitrogen and oxygen atoms in total. The van der Waals surface area contributed by atoms with Gasteiger partial charge in [0.15, 0.2) is 17.4 Å². The molecule has 0 unspecified atom stereocenters. The van der Waals surface area contributed by atoms with Gasteiger partial charge in [-0.3, -0.25) is 14.3 Å². The molecule has 5 rings (SSSR count). The van der Waals surface area contributed by atoms with Crippen molar-refractivity contribution >= 4 is 17.1 Å². The number of rotatable bonds is 5. The molecule has 0 spiro atoms. The van der Waals surface area contributed by atoms with Gasteiger partial charge in [-0.15, -0.1) is 0 Å². The zero-order valence-electron chi connectivity index (χ0n) is 17.4. The van der Waals surface area contributed by atoms with Crippen molar-refractivity contribution in [1.29, 1.82) is 0 Å². The highest BCUT2D eigenvalue weighted by atomic mass is 16.6. The second-order valence-electron chi connectivity index (χ2n) is 8.16. The highest BCUT2D eigenvalue weighted by molar-refractivity contribution is 5.74. The molecule has 0 amide bonds. The number of anilines is 1. The molecule has 4 N–H and O–H groups in total. The van der Waals surface area contributed by atoms with Gasteiger partial charge in [-0.25, -0.2) is 9.97 Å². The van der Waals surface area contributed by atoms with E-state index in [4.69, 9.17) is 4.74 Å². The van der Waals surface area contributed by atoms with Crippen molar-refractivity contribution in [2.45, 2.75) is 31.1 Å². The van der Waals surface area contributed by atoms with Gasteiger partial charge in [-0.05, 0) is 5.56 Å². The van der Waals surface area contributed by atoms with E-state index in [0.29, 0.717) is 19.0 Å². The number of hydrogen-bond acceptors (Lipinski definition) is 9. The van der Waals surface area contributed by atoms with Crippen LogP contribution in [0.1, 0.15) is 11.8 Å². The first-order chi connectivity index (χ1) is 15.6. The third kappa shape index (κ3) is 3.67. The average molecular weight is 442 g/mol. The number of ether oxygens (including phenoxy) is 1. The molecule has 4 atom stereocenters. The number of nitrogens with zero attached hydrogens (tertiary/aromatic N) is 5. The van der Waals surface area contributed by atoms with Crippen LogP contribution in [0.2, 0.25) is 0 Å². The van der Waals surface area contributed by atoms with Crippen molar-refractivity contribution in [1.82, 2.24) is 24.4 Å². The van der Waals surface area contributed by atoms with Gasteiger partial charge in [0, 0.05) is 32.7 Å². The Kier molecular flexibility index (Phi) is 5.66. The van der Waals surface area contributed by atoms with Gasteiger partial charge in [0.1, 0.15) is 18.3 Å². The smallest absolute Gasteiger partial charge is 0.278 e. The third-order valence-corrected chi connectivity index (χ3v) is 6.14. The second kappa shape index (κ2) is 8.60. The van der Waals surface area contributed by atoms with Crippen molar-refractivity contribution in [3.63, 3.8) is 0 Å². The van der Waals surface area contributed by atoms with Gasteiger partial charge in [-0.1, -0.05) is 30.3 Å². The number of aliphatic hydroxyl groups is 3. The quantitative estimate of drug-likeness (QED) is 0.394. The van der Waals surface area contributed by atoms with E-state index in [1.54, 1.807) is 4.57 Å². The van der Waals surface area contributed by atoms with Crippen LogP contribution in [0.5, 0.6) is 0 Å². The lowest BCUT2D eigenvalue weighted by atomic mass is 10.1. The number of aromatic nitrogens is 4. The molecule has 2 aliphatic heterocycles. The number of piperazine rings is 1. The van der Waals surface area contributed by atoms with E-state index in [-0.39, 0.29) is 11.2 Å². The number of H-pyrrole nitrogens is 1. The fraction of sp³-hybridized carbons (Fsp3) is 0.476. The minimum absolute atomic E-state index is 0.131. The molecule has 170 valence electrons. The zero-order chi connectivity index (χ0) is 22.2. The predicted molar refractivity (Wildman–Crippen MR) is 115 cm³/mol. The fourth-order valence-corrected chi connectivity index (χ4v) is 4.41. The molecule has 0 radical (unpaired) electrons. The maximum atomic E-state index is 12.4. The van der Waals surface area contributed by atoms with Gasteiger partial charge in [-0.2, -0.15) is 0 Å². The highest BCUT2D eigenvalue weighted by Crippen LogP contribution is 2.35. The monoisotopic (exact) mass is 442 g/mol. The van der Waals surface area contributed by atoms with E-state index >= 15 is 0 Å². The Hall–Kier alpha value is -2.83. The van der Waals surface area contributed by atoms with Gasteiger partial charge < -0.3 is 29.9 Å². The van der Waals surface area contributed by atoms with Crippen molar-refractivity contribution in [3.8, 4) is 0 Å². The number of benzene rings is 1. The first-order valence-electron chi connectivity index (χ1n) is 10.7. The standard InChI is InChI=1S/C21H26N6O5/c28-11-14-16(29)17(30)20(32-14)27-18-15(19(31)23-12-22-18)24-21(27)26-8-6-25(7-9-26)10-13-4-2-1-3-5-13/h1-5,12,14,16-17,20,28-30H,6-11H2,(H,22,23,31)/t14-,16-,17-,20-/m0/s1. The molecule has 2 fully saturated rings. The van der Waals surface area contributed by atoms with Gasteiger partial charge in [0.05, 0.1) is 12.9 Å². The number of imidazole rings is 1. The molecular formula is C21H26N6O5. The van der Waals surface area contributed by atoms with Gasteiger partial charge in [0.2, 0.25) is 5.95 Å². The van der Waals surface area contributed by atoms with Crippen molar-refractivity contribution in [2.75, 3.05) is 37.7 Å². The number of nitrogens with one attached hydrogen (secondary N) is 1. The summed E-state index contributed by atoms with van der Waals surface area (Å²) in [4.78, 5) is 28.0. The maximum Gasteiger partial charge on any atom is 0.278 e. The summed E-state index contributed by atoms with van der Waals surface area (Å²) in [7, 11) is 0. The molecule has 0 aliphatic carbocycles. The molecule has 2 saturated heterocycles. The summed E-state index contributed by atoms with van der Waals surface area (Å²) in [5, 5.41) is 30.4. The summed E-state index contributed by atoms with van der Waals surface area (Å²) in [6.07, 6.45) is -3.27. The van der Waals surface area contributed by atoms with Gasteiger partial charge >= 0.3 is 0 Å². The Balaban J connectivity index is 1.44. The second-order valence-corrected chi connectivity index (χ2v) is 8.16. The molecule has 3 aromatic rings.